The first kappa shape index (κ1) is 27.1. The summed E-state index contributed by atoms with van der Waals surface area (Å²) in [6, 6.07) is 9.31. The SMILES string of the molecule is CNC(=O)c1cnc(Nc2ccc(F)cn2)cc1Nc1ccc(C(=O)NCC(=O)OC(C)(C)C)cc1C. The molecular formula is C26H29FN6O4. The van der Waals surface area contributed by atoms with E-state index in [1.54, 1.807) is 52.0 Å². The number of halogens is 1. The minimum absolute atomic E-state index is 0.250. The van der Waals surface area contributed by atoms with Gasteiger partial charge in [0.2, 0.25) is 0 Å². The van der Waals surface area contributed by atoms with Crippen LogP contribution in [-0.2, 0) is 9.53 Å². The number of carbonyl (C=O) groups is 3. The van der Waals surface area contributed by atoms with E-state index in [2.05, 4.69) is 31.2 Å². The molecule has 3 aromatic rings. The summed E-state index contributed by atoms with van der Waals surface area (Å²) < 4.78 is 18.4. The molecule has 3 rings (SSSR count). The number of hydrogen-bond donors (Lipinski definition) is 4. The Balaban J connectivity index is 1.78. The summed E-state index contributed by atoms with van der Waals surface area (Å²) in [4.78, 5) is 45.0. The van der Waals surface area contributed by atoms with Gasteiger partial charge in [0.15, 0.2) is 0 Å². The van der Waals surface area contributed by atoms with Gasteiger partial charge in [-0.2, -0.15) is 0 Å². The Morgan fingerprint density at radius 1 is 0.919 bits per heavy atom. The van der Waals surface area contributed by atoms with Gasteiger partial charge >= 0.3 is 5.97 Å². The Morgan fingerprint density at radius 3 is 2.27 bits per heavy atom. The summed E-state index contributed by atoms with van der Waals surface area (Å²) in [5, 5.41) is 11.3. The van der Waals surface area contributed by atoms with Gasteiger partial charge in [0.25, 0.3) is 11.8 Å². The first-order valence-electron chi connectivity index (χ1n) is 11.4. The van der Waals surface area contributed by atoms with Gasteiger partial charge in [-0.25, -0.2) is 14.4 Å². The first-order chi connectivity index (χ1) is 17.4. The molecule has 0 unspecified atom stereocenters. The standard InChI is InChI=1S/C26H29FN6O4/c1-15-10-16(24(35)31-14-23(34)37-26(2,3)4)6-8-19(15)32-20-11-22(30-13-18(20)25(36)28-5)33-21-9-7-17(27)12-29-21/h6-13H,14H2,1-5H3,(H,28,36)(H,31,35)(H2,29,30,32,33). The Morgan fingerprint density at radius 2 is 1.65 bits per heavy atom. The molecule has 0 bridgehead atoms. The van der Waals surface area contributed by atoms with E-state index in [1.165, 1.54) is 25.4 Å². The molecule has 2 aromatic heterocycles. The molecule has 0 spiro atoms. The molecule has 0 saturated carbocycles. The van der Waals surface area contributed by atoms with Gasteiger partial charge in [0.1, 0.15) is 29.6 Å². The Hall–Kier alpha value is -4.54. The summed E-state index contributed by atoms with van der Waals surface area (Å²) in [7, 11) is 1.51. The van der Waals surface area contributed by atoms with Crippen LogP contribution in [0.15, 0.2) is 48.8 Å². The molecule has 0 fully saturated rings. The highest BCUT2D eigenvalue weighted by Gasteiger charge is 2.18. The van der Waals surface area contributed by atoms with E-state index in [4.69, 9.17) is 4.74 Å². The third-order valence-corrected chi connectivity index (χ3v) is 4.93. The van der Waals surface area contributed by atoms with E-state index in [9.17, 15) is 18.8 Å². The van der Waals surface area contributed by atoms with Crippen molar-refractivity contribution in [1.29, 1.82) is 0 Å². The van der Waals surface area contributed by atoms with Crippen molar-refractivity contribution in [1.82, 2.24) is 20.6 Å². The predicted octanol–water partition coefficient (Wildman–Crippen LogP) is 3.84. The molecule has 11 heteroatoms. The highest BCUT2D eigenvalue weighted by molar-refractivity contribution is 6.01. The number of hydrogen-bond acceptors (Lipinski definition) is 8. The van der Waals surface area contributed by atoms with E-state index in [-0.39, 0.29) is 12.5 Å². The van der Waals surface area contributed by atoms with Gasteiger partial charge in [-0.3, -0.25) is 14.4 Å². The van der Waals surface area contributed by atoms with E-state index >= 15 is 0 Å². The highest BCUT2D eigenvalue weighted by Crippen LogP contribution is 2.27. The van der Waals surface area contributed by atoms with Crippen LogP contribution in [-0.4, -0.2) is 46.9 Å². The number of nitrogens with one attached hydrogen (secondary N) is 4. The lowest BCUT2D eigenvalue weighted by Crippen LogP contribution is -2.34. The number of rotatable bonds is 8. The van der Waals surface area contributed by atoms with E-state index in [0.29, 0.717) is 34.1 Å². The van der Waals surface area contributed by atoms with Crippen LogP contribution >= 0.6 is 0 Å². The van der Waals surface area contributed by atoms with Gasteiger partial charge in [-0.15, -0.1) is 0 Å². The maximum Gasteiger partial charge on any atom is 0.325 e. The number of esters is 1. The molecule has 0 aliphatic heterocycles. The average molecular weight is 509 g/mol. The Bertz CT molecular complexity index is 1310. The van der Waals surface area contributed by atoms with Crippen molar-refractivity contribution < 1.29 is 23.5 Å². The third kappa shape index (κ3) is 7.72. The van der Waals surface area contributed by atoms with Gasteiger partial charge in [-0.05, 0) is 63.6 Å². The number of amides is 2. The van der Waals surface area contributed by atoms with Crippen LogP contribution in [0.2, 0.25) is 0 Å². The molecular weight excluding hydrogens is 479 g/mol. The molecule has 0 saturated heterocycles. The van der Waals surface area contributed by atoms with Crippen LogP contribution in [0.25, 0.3) is 0 Å². The molecule has 2 amide bonds. The fraction of sp³-hybridized carbons (Fsp3) is 0.269. The van der Waals surface area contributed by atoms with Crippen molar-refractivity contribution >= 4 is 40.8 Å². The van der Waals surface area contributed by atoms with Crippen molar-refractivity contribution in [2.45, 2.75) is 33.3 Å². The minimum Gasteiger partial charge on any atom is -0.459 e. The molecule has 0 aliphatic carbocycles. The van der Waals surface area contributed by atoms with Gasteiger partial charge in [-0.1, -0.05) is 0 Å². The van der Waals surface area contributed by atoms with Crippen LogP contribution in [0.5, 0.6) is 0 Å². The molecule has 0 radical (unpaired) electrons. The molecule has 1 aromatic carbocycles. The zero-order valence-electron chi connectivity index (χ0n) is 21.2. The van der Waals surface area contributed by atoms with Crippen LogP contribution in [0.4, 0.5) is 27.4 Å². The van der Waals surface area contributed by atoms with Crippen LogP contribution in [0.3, 0.4) is 0 Å². The topological polar surface area (TPSA) is 134 Å². The maximum atomic E-state index is 13.2. The zero-order chi connectivity index (χ0) is 27.2. The number of anilines is 4. The van der Waals surface area contributed by atoms with Crippen molar-refractivity contribution in [3.05, 3.63) is 71.3 Å². The average Bonchev–Trinajstić information content (AvgIpc) is 2.84. The van der Waals surface area contributed by atoms with E-state index < -0.39 is 23.3 Å². The largest absolute Gasteiger partial charge is 0.459 e. The lowest BCUT2D eigenvalue weighted by Gasteiger charge is -2.19. The number of nitrogens with zero attached hydrogens (tertiary/aromatic N) is 2. The minimum atomic E-state index is -0.642. The molecule has 194 valence electrons. The Kier molecular flexibility index (Phi) is 8.38. The summed E-state index contributed by atoms with van der Waals surface area (Å²) in [5.41, 5.74) is 1.82. The Labute approximate surface area is 214 Å². The third-order valence-electron chi connectivity index (χ3n) is 4.93. The quantitative estimate of drug-likeness (QED) is 0.337. The van der Waals surface area contributed by atoms with E-state index in [1.807, 2.05) is 0 Å². The van der Waals surface area contributed by atoms with Gasteiger partial charge < -0.3 is 26.0 Å². The van der Waals surface area contributed by atoms with Crippen LogP contribution in [0, 0.1) is 12.7 Å². The lowest BCUT2D eigenvalue weighted by atomic mass is 10.1. The lowest BCUT2D eigenvalue weighted by molar-refractivity contribution is -0.153. The molecule has 0 aliphatic rings. The first-order valence-corrected chi connectivity index (χ1v) is 11.4. The van der Waals surface area contributed by atoms with E-state index in [0.717, 1.165) is 11.8 Å². The van der Waals surface area contributed by atoms with Crippen molar-refractivity contribution in [2.24, 2.45) is 0 Å². The van der Waals surface area contributed by atoms with Gasteiger partial charge in [0, 0.05) is 30.6 Å². The van der Waals surface area contributed by atoms with Crippen molar-refractivity contribution in [3.8, 4) is 0 Å². The number of benzene rings is 1. The number of ether oxygens (including phenoxy) is 1. The van der Waals surface area contributed by atoms with Crippen LogP contribution < -0.4 is 21.3 Å². The predicted molar refractivity (Wildman–Crippen MR) is 138 cm³/mol. The highest BCUT2D eigenvalue weighted by atomic mass is 19.1. The summed E-state index contributed by atoms with van der Waals surface area (Å²) >= 11 is 0. The van der Waals surface area contributed by atoms with Crippen LogP contribution in [0.1, 0.15) is 47.1 Å². The van der Waals surface area contributed by atoms with Crippen molar-refractivity contribution in [2.75, 3.05) is 24.2 Å². The number of pyridine rings is 2. The maximum absolute atomic E-state index is 13.2. The molecule has 0 atom stereocenters. The molecule has 4 N–H and O–H groups in total. The summed E-state index contributed by atoms with van der Waals surface area (Å²) in [5.74, 6) is -1.01. The van der Waals surface area contributed by atoms with Crippen molar-refractivity contribution in [3.63, 3.8) is 0 Å². The fourth-order valence-electron chi connectivity index (χ4n) is 3.25. The molecule has 37 heavy (non-hydrogen) atoms. The second-order valence-corrected chi connectivity index (χ2v) is 9.10. The second kappa shape index (κ2) is 11.5. The monoisotopic (exact) mass is 508 g/mol. The fourth-order valence-corrected chi connectivity index (χ4v) is 3.25. The number of aromatic nitrogens is 2. The summed E-state index contributed by atoms with van der Waals surface area (Å²) in [6.45, 7) is 6.80. The smallest absolute Gasteiger partial charge is 0.325 e. The zero-order valence-corrected chi connectivity index (χ0v) is 21.2. The van der Waals surface area contributed by atoms with Gasteiger partial charge in [0.05, 0.1) is 17.4 Å². The number of aryl methyl sites for hydroxylation is 1. The molecule has 10 nitrogen and oxygen atoms in total. The molecule has 2 heterocycles. The normalized spacial score (nSPS) is 10.9. The second-order valence-electron chi connectivity index (χ2n) is 9.10. The summed E-state index contributed by atoms with van der Waals surface area (Å²) in [6.07, 6.45) is 2.48. The number of carbonyl (C=O) groups excluding carboxylic acids is 3.